The number of nitrogens with zero attached hydrogens (tertiary/aromatic N) is 3. The Bertz CT molecular complexity index is 964. The van der Waals surface area contributed by atoms with Crippen molar-refractivity contribution in [2.75, 3.05) is 0 Å². The van der Waals surface area contributed by atoms with E-state index in [0.717, 1.165) is 0 Å². The highest BCUT2D eigenvalue weighted by Gasteiger charge is 2.41. The number of carbonyl (C=O) groups excluding carboxylic acids is 1. The third kappa shape index (κ3) is 3.42. The van der Waals surface area contributed by atoms with Gasteiger partial charge in [0.2, 0.25) is 0 Å². The molecule has 2 heterocycles. The molecule has 0 saturated heterocycles. The minimum absolute atomic E-state index is 0.106. The van der Waals surface area contributed by atoms with Crippen LogP contribution in [0, 0.1) is 10.1 Å². The van der Waals surface area contributed by atoms with E-state index in [-0.39, 0.29) is 11.4 Å². The van der Waals surface area contributed by atoms with Crippen molar-refractivity contribution >= 4 is 17.3 Å². The van der Waals surface area contributed by atoms with Crippen LogP contribution in [-0.2, 0) is 4.79 Å². The number of pyridine rings is 1. The molecule has 0 bridgehead atoms. The minimum atomic E-state index is -5.07. The molecule has 0 aliphatic heterocycles. The maximum Gasteiger partial charge on any atom is 0.491 e. The highest BCUT2D eigenvalue weighted by atomic mass is 19.4. The number of carbonyl (C=O) groups is 1. The molecule has 128 valence electrons. The van der Waals surface area contributed by atoms with Crippen LogP contribution in [0.3, 0.4) is 0 Å². The van der Waals surface area contributed by atoms with Crippen LogP contribution in [0.25, 0.3) is 16.9 Å². The average molecular weight is 351 g/mol. The molecule has 0 aliphatic rings. The van der Waals surface area contributed by atoms with Gasteiger partial charge in [0.15, 0.2) is 0 Å². The normalized spacial score (nSPS) is 11.5. The Kier molecular flexibility index (Phi) is 3.87. The first-order valence-electron chi connectivity index (χ1n) is 6.76. The molecule has 2 aromatic heterocycles. The van der Waals surface area contributed by atoms with E-state index >= 15 is 0 Å². The molecule has 0 atom stereocenters. The van der Waals surface area contributed by atoms with Gasteiger partial charge in [-0.2, -0.15) is 13.2 Å². The smallest absolute Gasteiger partial charge is 0.420 e. The molecule has 1 aromatic carbocycles. The third-order valence-electron chi connectivity index (χ3n) is 3.24. The van der Waals surface area contributed by atoms with Crippen LogP contribution in [0.4, 0.5) is 18.9 Å². The molecule has 0 radical (unpaired) electrons. The van der Waals surface area contributed by atoms with E-state index in [9.17, 15) is 28.1 Å². The van der Waals surface area contributed by atoms with Crippen molar-refractivity contribution < 1.29 is 27.6 Å². The molecule has 0 amide bonds. The zero-order chi connectivity index (χ0) is 18.2. The van der Waals surface area contributed by atoms with Gasteiger partial charge in [0, 0.05) is 17.8 Å². The van der Waals surface area contributed by atoms with Gasteiger partial charge in [-0.05, 0) is 30.3 Å². The first-order valence-corrected chi connectivity index (χ1v) is 6.76. The van der Waals surface area contributed by atoms with Gasteiger partial charge in [-0.15, -0.1) is 0 Å². The number of hydrogen-bond donors (Lipinski definition) is 0. The van der Waals surface area contributed by atoms with E-state index < -0.39 is 17.1 Å². The fourth-order valence-electron chi connectivity index (χ4n) is 2.09. The summed E-state index contributed by atoms with van der Waals surface area (Å²) in [4.78, 5) is 25.3. The summed E-state index contributed by atoms with van der Waals surface area (Å²) in [7, 11) is 0. The largest absolute Gasteiger partial charge is 0.491 e. The van der Waals surface area contributed by atoms with E-state index in [0.29, 0.717) is 16.9 Å². The van der Waals surface area contributed by atoms with Gasteiger partial charge in [-0.25, -0.2) is 9.78 Å². The van der Waals surface area contributed by atoms with Gasteiger partial charge in [0.25, 0.3) is 5.69 Å². The second kappa shape index (κ2) is 5.89. The number of rotatable bonds is 3. The number of halogens is 3. The fraction of sp³-hybridized carbons (Fsp3) is 0.0667. The number of fused-ring (bicyclic) bond motifs is 1. The Morgan fingerprint density at radius 3 is 2.40 bits per heavy atom. The van der Waals surface area contributed by atoms with Gasteiger partial charge in [0.1, 0.15) is 11.4 Å². The van der Waals surface area contributed by atoms with E-state index in [4.69, 9.17) is 0 Å². The zero-order valence-corrected chi connectivity index (χ0v) is 12.2. The molecule has 0 fully saturated rings. The van der Waals surface area contributed by atoms with Crippen LogP contribution < -0.4 is 4.74 Å². The SMILES string of the molecule is O=C(Oc1ccc(-c2cn3cc([N+](=O)[O-])ccc3n2)cc1)C(F)(F)F. The number of esters is 1. The Morgan fingerprint density at radius 2 is 1.80 bits per heavy atom. The molecule has 0 unspecified atom stereocenters. The van der Waals surface area contributed by atoms with Crippen LogP contribution in [0.1, 0.15) is 0 Å². The second-order valence-corrected chi connectivity index (χ2v) is 4.95. The maximum absolute atomic E-state index is 12.2. The number of hydrogen-bond acceptors (Lipinski definition) is 5. The van der Waals surface area contributed by atoms with Crippen molar-refractivity contribution in [3.8, 4) is 17.0 Å². The lowest BCUT2D eigenvalue weighted by Crippen LogP contribution is -2.27. The summed E-state index contributed by atoms with van der Waals surface area (Å²) in [6, 6.07) is 8.04. The number of nitro groups is 1. The standard InChI is InChI=1S/C15H8F3N3O4/c16-15(17,18)14(22)25-11-4-1-9(2-5-11)12-8-20-7-10(21(23)24)3-6-13(20)19-12/h1-8H. The molecule has 25 heavy (non-hydrogen) atoms. The van der Waals surface area contributed by atoms with Crippen LogP contribution in [0.5, 0.6) is 5.75 Å². The summed E-state index contributed by atoms with van der Waals surface area (Å²) in [5.74, 6) is -2.56. The van der Waals surface area contributed by atoms with Crippen molar-refractivity contribution in [3.63, 3.8) is 0 Å². The summed E-state index contributed by atoms with van der Waals surface area (Å²) in [6.07, 6.45) is -2.24. The summed E-state index contributed by atoms with van der Waals surface area (Å²) < 4.78 is 42.1. The summed E-state index contributed by atoms with van der Waals surface area (Å²) >= 11 is 0. The highest BCUT2D eigenvalue weighted by Crippen LogP contribution is 2.25. The Hall–Kier alpha value is -3.43. The van der Waals surface area contributed by atoms with Crippen LogP contribution in [0.2, 0.25) is 0 Å². The molecule has 0 aliphatic carbocycles. The number of benzene rings is 1. The van der Waals surface area contributed by atoms with E-state index in [2.05, 4.69) is 9.72 Å². The molecule has 10 heteroatoms. The first kappa shape index (κ1) is 16.4. The van der Waals surface area contributed by atoms with Gasteiger partial charge in [-0.1, -0.05) is 0 Å². The second-order valence-electron chi connectivity index (χ2n) is 4.95. The summed E-state index contributed by atoms with van der Waals surface area (Å²) in [5.41, 5.74) is 1.35. The van der Waals surface area contributed by atoms with Crippen LogP contribution in [0.15, 0.2) is 48.8 Å². The zero-order valence-electron chi connectivity index (χ0n) is 12.2. The molecule has 3 aromatic rings. The van der Waals surface area contributed by atoms with Crippen molar-refractivity contribution in [2.24, 2.45) is 0 Å². The Labute approximate surface area is 137 Å². The quantitative estimate of drug-likeness (QED) is 0.312. The van der Waals surface area contributed by atoms with Gasteiger partial charge >= 0.3 is 12.1 Å². The summed E-state index contributed by atoms with van der Waals surface area (Å²) in [5, 5.41) is 10.8. The van der Waals surface area contributed by atoms with E-state index in [1.807, 2.05) is 0 Å². The minimum Gasteiger partial charge on any atom is -0.420 e. The van der Waals surface area contributed by atoms with Crippen LogP contribution >= 0.6 is 0 Å². The number of aromatic nitrogens is 2. The number of imidazole rings is 1. The van der Waals surface area contributed by atoms with Crippen molar-refractivity contribution in [2.45, 2.75) is 6.18 Å². The van der Waals surface area contributed by atoms with Gasteiger partial charge < -0.3 is 4.74 Å². The van der Waals surface area contributed by atoms with Gasteiger partial charge in [-0.3, -0.25) is 14.5 Å². The third-order valence-corrected chi connectivity index (χ3v) is 3.24. The molecule has 0 saturated carbocycles. The maximum atomic E-state index is 12.2. The molecule has 0 N–H and O–H groups in total. The fourth-order valence-corrected chi connectivity index (χ4v) is 2.09. The Balaban J connectivity index is 1.86. The highest BCUT2D eigenvalue weighted by molar-refractivity contribution is 5.78. The molecule has 7 nitrogen and oxygen atoms in total. The lowest BCUT2D eigenvalue weighted by molar-refractivity contribution is -0.385. The first-order chi connectivity index (χ1) is 11.7. The predicted octanol–water partition coefficient (Wildman–Crippen LogP) is 3.38. The lowest BCUT2D eigenvalue weighted by Gasteiger charge is -2.06. The number of alkyl halides is 3. The average Bonchev–Trinajstić information content (AvgIpc) is 2.97. The topological polar surface area (TPSA) is 86.7 Å². The molecular weight excluding hydrogens is 343 g/mol. The Morgan fingerprint density at radius 1 is 1.12 bits per heavy atom. The van der Waals surface area contributed by atoms with Gasteiger partial charge in [0.05, 0.1) is 16.8 Å². The monoisotopic (exact) mass is 351 g/mol. The van der Waals surface area contributed by atoms with E-state index in [1.54, 1.807) is 6.20 Å². The molecule has 3 rings (SSSR count). The van der Waals surface area contributed by atoms with Crippen molar-refractivity contribution in [1.82, 2.24) is 9.38 Å². The summed E-state index contributed by atoms with van der Waals surface area (Å²) in [6.45, 7) is 0. The molecule has 0 spiro atoms. The van der Waals surface area contributed by atoms with Crippen molar-refractivity contribution in [3.05, 3.63) is 58.9 Å². The lowest BCUT2D eigenvalue weighted by atomic mass is 10.2. The predicted molar refractivity (Wildman–Crippen MR) is 79.0 cm³/mol. The van der Waals surface area contributed by atoms with E-state index in [1.165, 1.54) is 47.0 Å². The van der Waals surface area contributed by atoms with Crippen molar-refractivity contribution in [1.29, 1.82) is 0 Å². The van der Waals surface area contributed by atoms with Crippen LogP contribution in [-0.4, -0.2) is 26.5 Å². The number of ether oxygens (including phenoxy) is 1. The molecular formula is C15H8F3N3O4.